The van der Waals surface area contributed by atoms with Gasteiger partial charge < -0.3 is 15.2 Å². The van der Waals surface area contributed by atoms with Crippen molar-refractivity contribution >= 4 is 17.3 Å². The Hall–Kier alpha value is -0.980. The fourth-order valence-corrected chi connectivity index (χ4v) is 2.14. The molecule has 0 aromatic carbocycles. The molecule has 5 nitrogen and oxygen atoms in total. The lowest BCUT2D eigenvalue weighted by Crippen LogP contribution is -2.30. The average Bonchev–Trinajstić information content (AvgIpc) is 2.75. The van der Waals surface area contributed by atoms with Crippen LogP contribution in [0.15, 0.2) is 5.38 Å². The number of rotatable bonds is 8. The predicted molar refractivity (Wildman–Crippen MR) is 71.1 cm³/mol. The smallest absolute Gasteiger partial charge is 0.365 e. The Morgan fingerprint density at radius 2 is 2.33 bits per heavy atom. The number of nitrogens with zero attached hydrogens (tertiary/aromatic N) is 1. The summed E-state index contributed by atoms with van der Waals surface area (Å²) in [4.78, 5) is 14.7. The third kappa shape index (κ3) is 5.12. The third-order valence-electron chi connectivity index (χ3n) is 2.63. The Bertz CT molecular complexity index is 390. The molecule has 0 saturated carbocycles. The number of aromatic carboxylic acids is 1. The van der Waals surface area contributed by atoms with Crippen LogP contribution in [0.1, 0.15) is 35.8 Å². The molecule has 6 heteroatoms. The van der Waals surface area contributed by atoms with Crippen molar-refractivity contribution in [1.29, 1.82) is 0 Å². The highest BCUT2D eigenvalue weighted by Gasteiger charge is 2.17. The zero-order chi connectivity index (χ0) is 13.6. The molecule has 1 rings (SSSR count). The minimum atomic E-state index is -0.966. The summed E-state index contributed by atoms with van der Waals surface area (Å²) in [6.45, 7) is 6.52. The van der Waals surface area contributed by atoms with Gasteiger partial charge in [-0.15, -0.1) is 11.3 Å². The number of methoxy groups -OCH3 is 1. The summed E-state index contributed by atoms with van der Waals surface area (Å²) in [5.41, 5.74) is 0.932. The van der Waals surface area contributed by atoms with Gasteiger partial charge in [-0.25, -0.2) is 9.78 Å². The van der Waals surface area contributed by atoms with Gasteiger partial charge in [-0.3, -0.25) is 0 Å². The van der Waals surface area contributed by atoms with E-state index in [1.165, 1.54) is 0 Å². The highest BCUT2D eigenvalue weighted by molar-refractivity contribution is 7.11. The first-order chi connectivity index (χ1) is 8.44. The van der Waals surface area contributed by atoms with Crippen molar-refractivity contribution in [2.75, 3.05) is 20.3 Å². The van der Waals surface area contributed by atoms with Crippen molar-refractivity contribution in [2.24, 2.45) is 5.41 Å². The normalized spacial score (nSPS) is 11.7. The number of hydrogen-bond acceptors (Lipinski definition) is 5. The molecule has 0 aliphatic carbocycles. The van der Waals surface area contributed by atoms with Crippen molar-refractivity contribution < 1.29 is 14.6 Å². The number of hydrogen-bond donors (Lipinski definition) is 2. The zero-order valence-corrected chi connectivity index (χ0v) is 11.8. The maximum atomic E-state index is 10.7. The van der Waals surface area contributed by atoms with E-state index >= 15 is 0 Å². The van der Waals surface area contributed by atoms with Crippen LogP contribution in [0.5, 0.6) is 0 Å². The quantitative estimate of drug-likeness (QED) is 0.757. The fourth-order valence-electron chi connectivity index (χ4n) is 1.48. The van der Waals surface area contributed by atoms with Crippen molar-refractivity contribution in [3.63, 3.8) is 0 Å². The van der Waals surface area contributed by atoms with E-state index in [1.54, 1.807) is 12.5 Å². The van der Waals surface area contributed by atoms with Gasteiger partial charge in [0.25, 0.3) is 0 Å². The monoisotopic (exact) mass is 272 g/mol. The van der Waals surface area contributed by atoms with Gasteiger partial charge in [0.1, 0.15) is 0 Å². The summed E-state index contributed by atoms with van der Waals surface area (Å²) < 4.78 is 5.07. The molecule has 0 atom stereocenters. The Labute approximate surface area is 111 Å². The molecule has 0 aliphatic rings. The fraction of sp³-hybridized carbons (Fsp3) is 0.667. The summed E-state index contributed by atoms with van der Waals surface area (Å²) in [7, 11) is 1.70. The van der Waals surface area contributed by atoms with E-state index in [2.05, 4.69) is 24.1 Å². The number of nitrogens with one attached hydrogen (secondary N) is 1. The summed E-state index contributed by atoms with van der Waals surface area (Å²) in [5, 5.41) is 14.0. The number of thiazole rings is 1. The van der Waals surface area contributed by atoms with Crippen LogP contribution in [0.3, 0.4) is 0 Å². The van der Waals surface area contributed by atoms with Crippen LogP contribution in [0, 0.1) is 5.41 Å². The minimum absolute atomic E-state index is 0.144. The molecular weight excluding hydrogens is 252 g/mol. The van der Waals surface area contributed by atoms with Crippen LogP contribution in [-0.4, -0.2) is 36.3 Å². The Balaban J connectivity index is 2.34. The summed E-state index contributed by atoms with van der Waals surface area (Å²) in [6, 6.07) is 0. The second kappa shape index (κ2) is 6.82. The van der Waals surface area contributed by atoms with Gasteiger partial charge in [-0.2, -0.15) is 0 Å². The lowest BCUT2D eigenvalue weighted by atomic mass is 9.90. The molecule has 1 aromatic heterocycles. The molecule has 0 spiro atoms. The Morgan fingerprint density at radius 1 is 1.61 bits per heavy atom. The van der Waals surface area contributed by atoms with Crippen LogP contribution in [0.4, 0.5) is 0 Å². The number of carboxylic acid groups (broad SMARTS) is 1. The van der Waals surface area contributed by atoms with Crippen molar-refractivity contribution in [3.8, 4) is 0 Å². The van der Waals surface area contributed by atoms with Crippen LogP contribution in [0.25, 0.3) is 0 Å². The van der Waals surface area contributed by atoms with Gasteiger partial charge >= 0.3 is 5.97 Å². The molecular formula is C12H20N2O3S. The average molecular weight is 272 g/mol. The molecule has 1 aromatic rings. The molecule has 0 bridgehead atoms. The maximum Gasteiger partial charge on any atom is 0.365 e. The van der Waals surface area contributed by atoms with Gasteiger partial charge in [0.15, 0.2) is 0 Å². The predicted octanol–water partition coefficient (Wildman–Crippen LogP) is 1.99. The van der Waals surface area contributed by atoms with Gasteiger partial charge in [-0.05, 0) is 11.8 Å². The summed E-state index contributed by atoms with van der Waals surface area (Å²) >= 11 is 1.16. The molecule has 0 fully saturated rings. The molecule has 2 N–H and O–H groups in total. The highest BCUT2D eigenvalue weighted by Crippen LogP contribution is 2.19. The first-order valence-electron chi connectivity index (χ1n) is 5.82. The maximum absolute atomic E-state index is 10.7. The Kier molecular flexibility index (Phi) is 5.71. The van der Waals surface area contributed by atoms with E-state index < -0.39 is 5.97 Å². The van der Waals surface area contributed by atoms with E-state index in [1.807, 2.05) is 0 Å². The van der Waals surface area contributed by atoms with Gasteiger partial charge in [0.2, 0.25) is 5.01 Å². The number of ether oxygens (including phenoxy) is 1. The molecule has 18 heavy (non-hydrogen) atoms. The molecule has 102 valence electrons. The first kappa shape index (κ1) is 15.1. The number of carbonyl (C=O) groups is 1. The standard InChI is InChI=1S/C12H20N2O3S/c1-12(2,4-5-17-3)8-13-6-9-7-18-10(14-9)11(15)16/h7,13H,4-6,8H2,1-3H3,(H,15,16). The summed E-state index contributed by atoms with van der Waals surface area (Å²) in [5.74, 6) is -0.966. The van der Waals surface area contributed by atoms with E-state index in [9.17, 15) is 4.79 Å². The second-order valence-electron chi connectivity index (χ2n) is 4.96. The lowest BCUT2D eigenvalue weighted by molar-refractivity contribution is 0.0696. The summed E-state index contributed by atoms with van der Waals surface area (Å²) in [6.07, 6.45) is 0.980. The van der Waals surface area contributed by atoms with E-state index in [0.29, 0.717) is 6.54 Å². The second-order valence-corrected chi connectivity index (χ2v) is 5.82. The van der Waals surface area contributed by atoms with Gasteiger partial charge in [0, 0.05) is 32.2 Å². The molecule has 0 aliphatic heterocycles. The van der Waals surface area contributed by atoms with Gasteiger partial charge in [0.05, 0.1) is 5.69 Å². The van der Waals surface area contributed by atoms with Crippen LogP contribution in [-0.2, 0) is 11.3 Å². The molecule has 0 saturated heterocycles. The zero-order valence-electron chi connectivity index (χ0n) is 11.0. The van der Waals surface area contributed by atoms with Crippen molar-refractivity contribution in [1.82, 2.24) is 10.3 Å². The highest BCUT2D eigenvalue weighted by atomic mass is 32.1. The molecule has 1 heterocycles. The molecule has 0 unspecified atom stereocenters. The third-order valence-corrected chi connectivity index (χ3v) is 3.51. The van der Waals surface area contributed by atoms with Crippen LogP contribution >= 0.6 is 11.3 Å². The lowest BCUT2D eigenvalue weighted by Gasteiger charge is -2.24. The molecule has 0 radical (unpaired) electrons. The topological polar surface area (TPSA) is 71.5 Å². The Morgan fingerprint density at radius 3 is 2.89 bits per heavy atom. The SMILES string of the molecule is COCCC(C)(C)CNCc1csc(C(=O)O)n1. The first-order valence-corrected chi connectivity index (χ1v) is 6.70. The van der Waals surface area contributed by atoms with Crippen molar-refractivity contribution in [2.45, 2.75) is 26.8 Å². The van der Waals surface area contributed by atoms with E-state index in [-0.39, 0.29) is 10.4 Å². The van der Waals surface area contributed by atoms with E-state index in [0.717, 1.165) is 36.6 Å². The van der Waals surface area contributed by atoms with Crippen LogP contribution in [0.2, 0.25) is 0 Å². The minimum Gasteiger partial charge on any atom is -0.476 e. The van der Waals surface area contributed by atoms with Gasteiger partial charge in [-0.1, -0.05) is 13.8 Å². The largest absolute Gasteiger partial charge is 0.476 e. The van der Waals surface area contributed by atoms with E-state index in [4.69, 9.17) is 9.84 Å². The number of aromatic nitrogens is 1. The van der Waals surface area contributed by atoms with Crippen molar-refractivity contribution in [3.05, 3.63) is 16.1 Å². The molecule has 0 amide bonds. The number of carboxylic acids is 1. The van der Waals surface area contributed by atoms with Crippen LogP contribution < -0.4 is 5.32 Å².